The summed E-state index contributed by atoms with van der Waals surface area (Å²) >= 11 is 0. The number of benzene rings is 2. The Kier molecular flexibility index (Phi) is 7.30. The fraction of sp³-hybridized carbons (Fsp3) is 0.381. The second-order valence-corrected chi connectivity index (χ2v) is 9.12. The Morgan fingerprint density at radius 1 is 1.17 bits per heavy atom. The number of β-amino-alcohol motifs (C(OH)–C–C–N with tert-alkyl or cyclic N) is 1. The van der Waals surface area contributed by atoms with Crippen molar-refractivity contribution >= 4 is 21.6 Å². The molecule has 0 radical (unpaired) electrons. The number of anilines is 1. The Balaban J connectivity index is 1.42. The maximum absolute atomic E-state index is 12.1. The largest absolute Gasteiger partial charge is 0.482 e. The molecule has 3 rings (SSSR count). The van der Waals surface area contributed by atoms with E-state index in [1.54, 1.807) is 24.3 Å². The molecule has 1 atom stereocenters. The SMILES string of the molecule is CS(=O)(=O)Nc1ccccc1OCC(=O)NCC(O)CN1CCc2ccccc2C1. The number of rotatable bonds is 9. The molecule has 0 aromatic heterocycles. The van der Waals surface area contributed by atoms with Crippen LogP contribution in [-0.4, -0.2) is 62.9 Å². The zero-order valence-corrected chi connectivity index (χ0v) is 17.7. The fourth-order valence-corrected chi connectivity index (χ4v) is 3.94. The molecule has 8 nitrogen and oxygen atoms in total. The van der Waals surface area contributed by atoms with Crippen molar-refractivity contribution in [1.82, 2.24) is 10.2 Å². The number of nitrogens with zero attached hydrogens (tertiary/aromatic N) is 1. The number of para-hydroxylation sites is 2. The van der Waals surface area contributed by atoms with Gasteiger partial charge in [0.15, 0.2) is 6.61 Å². The van der Waals surface area contributed by atoms with E-state index in [0.29, 0.717) is 6.54 Å². The van der Waals surface area contributed by atoms with Crippen LogP contribution < -0.4 is 14.8 Å². The minimum atomic E-state index is -3.46. The van der Waals surface area contributed by atoms with Crippen molar-refractivity contribution in [2.75, 3.05) is 37.2 Å². The molecular formula is C21H27N3O5S. The molecule has 1 unspecified atom stereocenters. The first-order valence-corrected chi connectivity index (χ1v) is 11.6. The summed E-state index contributed by atoms with van der Waals surface area (Å²) in [5.74, 6) is -0.141. The molecular weight excluding hydrogens is 406 g/mol. The van der Waals surface area contributed by atoms with Crippen LogP contribution in [0.5, 0.6) is 5.75 Å². The number of hydrogen-bond donors (Lipinski definition) is 3. The van der Waals surface area contributed by atoms with Crippen molar-refractivity contribution in [3.8, 4) is 5.75 Å². The predicted octanol–water partition coefficient (Wildman–Crippen LogP) is 0.972. The number of sulfonamides is 1. The molecule has 1 aliphatic heterocycles. The third-order valence-electron chi connectivity index (χ3n) is 4.75. The van der Waals surface area contributed by atoms with Gasteiger partial charge in [0.2, 0.25) is 10.0 Å². The van der Waals surface area contributed by atoms with Gasteiger partial charge in [-0.2, -0.15) is 0 Å². The van der Waals surface area contributed by atoms with E-state index in [1.165, 1.54) is 11.1 Å². The van der Waals surface area contributed by atoms with Crippen molar-refractivity contribution in [3.63, 3.8) is 0 Å². The van der Waals surface area contributed by atoms with Gasteiger partial charge in [0.05, 0.1) is 18.0 Å². The first-order chi connectivity index (χ1) is 14.3. The number of hydrogen-bond acceptors (Lipinski definition) is 6. The van der Waals surface area contributed by atoms with Gasteiger partial charge in [0.1, 0.15) is 5.75 Å². The quantitative estimate of drug-likeness (QED) is 0.544. The Hall–Kier alpha value is -2.62. The fourth-order valence-electron chi connectivity index (χ4n) is 3.38. The number of aliphatic hydroxyl groups is 1. The van der Waals surface area contributed by atoms with Crippen LogP contribution in [-0.2, 0) is 27.8 Å². The van der Waals surface area contributed by atoms with Crippen LogP contribution in [0.2, 0.25) is 0 Å². The van der Waals surface area contributed by atoms with E-state index < -0.39 is 22.0 Å². The van der Waals surface area contributed by atoms with Gasteiger partial charge >= 0.3 is 0 Å². The molecule has 9 heteroatoms. The van der Waals surface area contributed by atoms with Crippen molar-refractivity contribution in [2.24, 2.45) is 0 Å². The van der Waals surface area contributed by atoms with Crippen LogP contribution >= 0.6 is 0 Å². The van der Waals surface area contributed by atoms with Gasteiger partial charge in [-0.05, 0) is 29.7 Å². The number of carbonyl (C=O) groups excluding carboxylic acids is 1. The molecule has 162 valence electrons. The molecule has 2 aromatic carbocycles. The smallest absolute Gasteiger partial charge is 0.258 e. The van der Waals surface area contributed by atoms with Gasteiger partial charge in [0, 0.05) is 26.2 Å². The summed E-state index contributed by atoms with van der Waals surface area (Å²) < 4.78 is 30.6. The molecule has 1 aliphatic rings. The molecule has 0 saturated heterocycles. The third-order valence-corrected chi connectivity index (χ3v) is 5.35. The summed E-state index contributed by atoms with van der Waals surface area (Å²) in [5.41, 5.74) is 2.88. The second kappa shape index (κ2) is 9.92. The normalized spacial score (nSPS) is 15.1. The molecule has 0 aliphatic carbocycles. The zero-order valence-electron chi connectivity index (χ0n) is 16.9. The summed E-state index contributed by atoms with van der Waals surface area (Å²) in [4.78, 5) is 14.2. The highest BCUT2D eigenvalue weighted by Crippen LogP contribution is 2.24. The van der Waals surface area contributed by atoms with Gasteiger partial charge in [-0.1, -0.05) is 36.4 Å². The highest BCUT2D eigenvalue weighted by molar-refractivity contribution is 7.92. The predicted molar refractivity (Wildman–Crippen MR) is 115 cm³/mol. The molecule has 0 bridgehead atoms. The number of nitrogens with one attached hydrogen (secondary N) is 2. The Labute approximate surface area is 176 Å². The average Bonchev–Trinajstić information content (AvgIpc) is 2.70. The number of carbonyl (C=O) groups is 1. The molecule has 2 aromatic rings. The molecule has 1 heterocycles. The van der Waals surface area contributed by atoms with Crippen LogP contribution in [0, 0.1) is 0 Å². The standard InChI is InChI=1S/C21H27N3O5S/c1-30(27,28)23-19-8-4-5-9-20(19)29-15-21(26)22-12-18(25)14-24-11-10-16-6-2-3-7-17(16)13-24/h2-9,18,23,25H,10-15H2,1H3,(H,22,26). The highest BCUT2D eigenvalue weighted by atomic mass is 32.2. The molecule has 0 fully saturated rings. The lowest BCUT2D eigenvalue weighted by molar-refractivity contribution is -0.123. The average molecular weight is 434 g/mol. The van der Waals surface area contributed by atoms with Gasteiger partial charge in [-0.3, -0.25) is 14.4 Å². The minimum Gasteiger partial charge on any atom is -0.482 e. The van der Waals surface area contributed by atoms with Gasteiger partial charge < -0.3 is 15.2 Å². The topological polar surface area (TPSA) is 108 Å². The Bertz CT molecular complexity index is 980. The van der Waals surface area contributed by atoms with E-state index in [9.17, 15) is 18.3 Å². The Morgan fingerprint density at radius 2 is 1.87 bits per heavy atom. The van der Waals surface area contributed by atoms with E-state index in [-0.39, 0.29) is 24.6 Å². The highest BCUT2D eigenvalue weighted by Gasteiger charge is 2.19. The van der Waals surface area contributed by atoms with Crippen LogP contribution in [0.25, 0.3) is 0 Å². The van der Waals surface area contributed by atoms with E-state index >= 15 is 0 Å². The van der Waals surface area contributed by atoms with Crippen LogP contribution in [0.3, 0.4) is 0 Å². The molecule has 0 saturated carbocycles. The molecule has 3 N–H and O–H groups in total. The summed E-state index contributed by atoms with van der Waals surface area (Å²) in [5, 5.41) is 12.9. The third kappa shape index (κ3) is 6.72. The summed E-state index contributed by atoms with van der Waals surface area (Å²) in [6.45, 7) is 1.95. The lowest BCUT2D eigenvalue weighted by atomic mass is 10.00. The van der Waals surface area contributed by atoms with Crippen LogP contribution in [0.1, 0.15) is 11.1 Å². The van der Waals surface area contributed by atoms with Crippen molar-refractivity contribution in [2.45, 2.75) is 19.1 Å². The van der Waals surface area contributed by atoms with E-state index in [4.69, 9.17) is 4.74 Å². The van der Waals surface area contributed by atoms with Crippen molar-refractivity contribution < 1.29 is 23.1 Å². The van der Waals surface area contributed by atoms with E-state index in [0.717, 1.165) is 25.8 Å². The first kappa shape index (κ1) is 22.1. The maximum Gasteiger partial charge on any atom is 0.258 e. The molecule has 0 spiro atoms. The lowest BCUT2D eigenvalue weighted by Crippen LogP contribution is -2.42. The van der Waals surface area contributed by atoms with E-state index in [2.05, 4.69) is 27.1 Å². The minimum absolute atomic E-state index is 0.115. The van der Waals surface area contributed by atoms with Crippen molar-refractivity contribution in [3.05, 3.63) is 59.7 Å². The number of aliphatic hydroxyl groups excluding tert-OH is 1. The first-order valence-electron chi connectivity index (χ1n) is 9.73. The maximum atomic E-state index is 12.1. The van der Waals surface area contributed by atoms with E-state index in [1.807, 2.05) is 12.1 Å². The number of ether oxygens (including phenoxy) is 1. The monoisotopic (exact) mass is 433 g/mol. The van der Waals surface area contributed by atoms with Crippen molar-refractivity contribution in [1.29, 1.82) is 0 Å². The summed E-state index contributed by atoms with van der Waals surface area (Å²) in [6.07, 6.45) is 1.29. The van der Waals surface area contributed by atoms with Gasteiger partial charge in [0.25, 0.3) is 5.91 Å². The molecule has 1 amide bonds. The lowest BCUT2D eigenvalue weighted by Gasteiger charge is -2.30. The van der Waals surface area contributed by atoms with Crippen LogP contribution in [0.4, 0.5) is 5.69 Å². The number of fused-ring (bicyclic) bond motifs is 1. The molecule has 30 heavy (non-hydrogen) atoms. The zero-order chi connectivity index (χ0) is 21.6. The second-order valence-electron chi connectivity index (χ2n) is 7.37. The van der Waals surface area contributed by atoms with Crippen LogP contribution in [0.15, 0.2) is 48.5 Å². The van der Waals surface area contributed by atoms with Gasteiger partial charge in [-0.25, -0.2) is 8.42 Å². The summed E-state index contributed by atoms with van der Waals surface area (Å²) in [7, 11) is -3.46. The summed E-state index contributed by atoms with van der Waals surface area (Å²) in [6, 6.07) is 14.8. The number of amides is 1. The van der Waals surface area contributed by atoms with Gasteiger partial charge in [-0.15, -0.1) is 0 Å². The Morgan fingerprint density at radius 3 is 2.63 bits per heavy atom.